The van der Waals surface area contributed by atoms with Gasteiger partial charge in [-0.05, 0) is 0 Å². The predicted octanol–water partition coefficient (Wildman–Crippen LogP) is 5.01. The molecule has 0 aromatic heterocycles. The SMILES string of the molecule is CCCC[C](=O)[Zr]([C](=O)CCCC)([C](=O)CCCC)[C](=O)CCCC. The molecule has 0 N–H and O–H groups in total. The van der Waals surface area contributed by atoms with Crippen LogP contribution in [-0.2, 0) is 39.4 Å². The Bertz CT molecular complexity index is 371. The third-order valence-electron chi connectivity index (χ3n) is 4.70. The van der Waals surface area contributed by atoms with Gasteiger partial charge in [-0.15, -0.1) is 0 Å². The normalized spacial score (nSPS) is 11.4. The summed E-state index contributed by atoms with van der Waals surface area (Å²) in [6, 6.07) is 0. The van der Waals surface area contributed by atoms with Crippen molar-refractivity contribution in [2.45, 2.75) is 105 Å². The van der Waals surface area contributed by atoms with Crippen LogP contribution in [0.4, 0.5) is 0 Å². The quantitative estimate of drug-likeness (QED) is 0.344. The Balaban J connectivity index is 5.90. The number of carbonyl (C=O) groups is 4. The Morgan fingerprint density at radius 1 is 0.480 bits per heavy atom. The minimum absolute atomic E-state index is 0.222. The summed E-state index contributed by atoms with van der Waals surface area (Å²) in [7, 11) is 0. The summed E-state index contributed by atoms with van der Waals surface area (Å²) in [4.78, 5) is 52.3. The van der Waals surface area contributed by atoms with Gasteiger partial charge in [0.1, 0.15) is 0 Å². The Labute approximate surface area is 157 Å². The van der Waals surface area contributed by atoms with Crippen molar-refractivity contribution in [1.82, 2.24) is 0 Å². The van der Waals surface area contributed by atoms with Crippen LogP contribution in [0, 0.1) is 0 Å². The van der Waals surface area contributed by atoms with Gasteiger partial charge in [-0.1, -0.05) is 0 Å². The van der Waals surface area contributed by atoms with Crippen LogP contribution >= 0.6 is 0 Å². The van der Waals surface area contributed by atoms with E-state index < -0.39 is 20.3 Å². The van der Waals surface area contributed by atoms with Crippen molar-refractivity contribution >= 4 is 14.0 Å². The molecule has 0 aromatic carbocycles. The molecule has 0 unspecified atom stereocenters. The van der Waals surface area contributed by atoms with Gasteiger partial charge in [0.25, 0.3) is 0 Å². The van der Waals surface area contributed by atoms with E-state index in [4.69, 9.17) is 0 Å². The van der Waals surface area contributed by atoms with Crippen LogP contribution in [0.25, 0.3) is 0 Å². The molecule has 0 spiro atoms. The molecule has 0 aliphatic rings. The van der Waals surface area contributed by atoms with Crippen molar-refractivity contribution in [2.75, 3.05) is 0 Å². The molecule has 0 aromatic rings. The zero-order valence-corrected chi connectivity index (χ0v) is 19.1. The van der Waals surface area contributed by atoms with E-state index >= 15 is 0 Å². The first-order valence-electron chi connectivity index (χ1n) is 10.1. The first-order chi connectivity index (χ1) is 11.9. The second-order valence-corrected chi connectivity index (χ2v) is 16.0. The fourth-order valence-electron chi connectivity index (χ4n) is 3.03. The number of rotatable bonds is 16. The Morgan fingerprint density at radius 3 is 0.840 bits per heavy atom. The van der Waals surface area contributed by atoms with E-state index in [2.05, 4.69) is 0 Å². The summed E-state index contributed by atoms with van der Waals surface area (Å²) in [6.07, 6.45) is 6.79. The van der Waals surface area contributed by atoms with Crippen LogP contribution in [-0.4, -0.2) is 14.0 Å². The second-order valence-electron chi connectivity index (χ2n) is 6.86. The van der Waals surface area contributed by atoms with Crippen LogP contribution in [0.2, 0.25) is 0 Å². The van der Waals surface area contributed by atoms with E-state index in [0.717, 1.165) is 25.7 Å². The molecule has 0 atom stereocenters. The standard InChI is InChI=1S/4C5H9O.Zr/c4*1-2-3-4-5-6;/h4*2-4H2,1H3;. The van der Waals surface area contributed by atoms with Crippen LogP contribution in [0.5, 0.6) is 0 Å². The number of hydrogen-bond donors (Lipinski definition) is 0. The van der Waals surface area contributed by atoms with Gasteiger partial charge in [-0.2, -0.15) is 0 Å². The van der Waals surface area contributed by atoms with Crippen molar-refractivity contribution in [3.63, 3.8) is 0 Å². The van der Waals surface area contributed by atoms with Crippen LogP contribution in [0.1, 0.15) is 105 Å². The van der Waals surface area contributed by atoms with E-state index in [-0.39, 0.29) is 39.6 Å². The van der Waals surface area contributed by atoms with E-state index in [9.17, 15) is 19.2 Å². The predicted molar refractivity (Wildman–Crippen MR) is 98.1 cm³/mol. The van der Waals surface area contributed by atoms with Crippen LogP contribution < -0.4 is 0 Å². The maximum absolute atomic E-state index is 13.1. The molecule has 0 saturated carbocycles. The molecule has 0 bridgehead atoms. The third kappa shape index (κ3) is 7.00. The zero-order chi connectivity index (χ0) is 19.3. The molecule has 25 heavy (non-hydrogen) atoms. The van der Waals surface area contributed by atoms with E-state index in [0.29, 0.717) is 25.7 Å². The Morgan fingerprint density at radius 2 is 0.680 bits per heavy atom. The number of unbranched alkanes of at least 4 members (excludes halogenated alkanes) is 4. The summed E-state index contributed by atoms with van der Waals surface area (Å²) in [6.45, 7) is 7.89. The van der Waals surface area contributed by atoms with E-state index in [1.165, 1.54) is 0 Å². The molecule has 0 heterocycles. The van der Waals surface area contributed by atoms with Gasteiger partial charge in [0.2, 0.25) is 0 Å². The molecule has 0 aliphatic carbocycles. The summed E-state index contributed by atoms with van der Waals surface area (Å²) >= 11 is -4.88. The Kier molecular flexibility index (Phi) is 13.5. The van der Waals surface area contributed by atoms with E-state index in [1.54, 1.807) is 0 Å². The fourth-order valence-corrected chi connectivity index (χ4v) is 13.0. The Hall–Kier alpha value is -0.437. The van der Waals surface area contributed by atoms with Crippen molar-refractivity contribution in [1.29, 1.82) is 0 Å². The molecule has 5 heteroatoms. The molecule has 0 radical (unpaired) electrons. The van der Waals surface area contributed by atoms with Gasteiger partial charge in [-0.25, -0.2) is 0 Å². The monoisotopic (exact) mass is 430 g/mol. The number of hydrogen-bond acceptors (Lipinski definition) is 4. The first kappa shape index (κ1) is 24.6. The summed E-state index contributed by atoms with van der Waals surface area (Å²) in [5.41, 5.74) is 0. The summed E-state index contributed by atoms with van der Waals surface area (Å²) in [5.74, 6) is 0. The van der Waals surface area contributed by atoms with Crippen LogP contribution in [0.15, 0.2) is 0 Å². The molecule has 0 saturated heterocycles. The summed E-state index contributed by atoms with van der Waals surface area (Å²) < 4.78 is -1.00. The molecular weight excluding hydrogens is 395 g/mol. The average Bonchev–Trinajstić information content (AvgIpc) is 2.61. The van der Waals surface area contributed by atoms with Crippen LogP contribution in [0.3, 0.4) is 0 Å². The van der Waals surface area contributed by atoms with Gasteiger partial charge in [0.05, 0.1) is 0 Å². The maximum atomic E-state index is 13.1. The molecule has 0 amide bonds. The fraction of sp³-hybridized carbons (Fsp3) is 0.800. The third-order valence-corrected chi connectivity index (χ3v) is 15.4. The van der Waals surface area contributed by atoms with Crippen molar-refractivity contribution in [3.05, 3.63) is 0 Å². The summed E-state index contributed by atoms with van der Waals surface area (Å²) in [5, 5.41) is 0. The topological polar surface area (TPSA) is 68.3 Å². The van der Waals surface area contributed by atoms with E-state index in [1.807, 2.05) is 27.7 Å². The zero-order valence-electron chi connectivity index (χ0n) is 16.6. The van der Waals surface area contributed by atoms with Gasteiger partial charge < -0.3 is 0 Å². The molecule has 144 valence electrons. The molecule has 4 nitrogen and oxygen atoms in total. The van der Waals surface area contributed by atoms with Gasteiger partial charge in [-0.3, -0.25) is 0 Å². The molecule has 0 rings (SSSR count). The van der Waals surface area contributed by atoms with Gasteiger partial charge in [0, 0.05) is 0 Å². The minimum atomic E-state index is -4.88. The van der Waals surface area contributed by atoms with Gasteiger partial charge in [0.15, 0.2) is 0 Å². The van der Waals surface area contributed by atoms with Crippen molar-refractivity contribution < 1.29 is 39.4 Å². The first-order valence-corrected chi connectivity index (χ1v) is 15.0. The average molecular weight is 432 g/mol. The molecular formula is C20H36O4Zr. The van der Waals surface area contributed by atoms with Crippen molar-refractivity contribution in [3.8, 4) is 0 Å². The van der Waals surface area contributed by atoms with Crippen molar-refractivity contribution in [2.24, 2.45) is 0 Å². The second kappa shape index (κ2) is 13.7. The van der Waals surface area contributed by atoms with Gasteiger partial charge >= 0.3 is 158 Å². The molecule has 0 aliphatic heterocycles. The number of carbonyl (C=O) groups excluding carboxylic acids is 4. The molecule has 0 fully saturated rings.